The number of amides is 2. The first-order valence-corrected chi connectivity index (χ1v) is 7.60. The maximum absolute atomic E-state index is 12.5. The van der Waals surface area contributed by atoms with E-state index in [0.717, 1.165) is 5.56 Å². The number of nitrogens with zero attached hydrogens (tertiary/aromatic N) is 1. The van der Waals surface area contributed by atoms with Crippen molar-refractivity contribution in [1.82, 2.24) is 10.2 Å². The highest BCUT2D eigenvalue weighted by molar-refractivity contribution is 7.07. The molecule has 1 N–H and O–H groups in total. The summed E-state index contributed by atoms with van der Waals surface area (Å²) in [5.41, 5.74) is 0.340. The van der Waals surface area contributed by atoms with Crippen LogP contribution < -0.4 is 5.32 Å². The molecular formula is C14H20N2O2S. The Balaban J connectivity index is 2.32. The van der Waals surface area contributed by atoms with Crippen molar-refractivity contribution in [3.8, 4) is 0 Å². The first-order valence-electron chi connectivity index (χ1n) is 6.66. The molecule has 5 heteroatoms. The van der Waals surface area contributed by atoms with Crippen molar-refractivity contribution in [3.05, 3.63) is 22.4 Å². The summed E-state index contributed by atoms with van der Waals surface area (Å²) in [7, 11) is 0. The van der Waals surface area contributed by atoms with E-state index in [0.29, 0.717) is 19.4 Å². The molecule has 0 radical (unpaired) electrons. The standard InChI is InChI=1S/C14H20N2O2S/c1-4-11-12(17)16(8-10-6-7-19-9-10)14(3,5-2)13(18)15-11/h6-7,9,11H,4-5,8H2,1-3H3,(H,15,18). The van der Waals surface area contributed by atoms with Gasteiger partial charge in [0.05, 0.1) is 0 Å². The summed E-state index contributed by atoms with van der Waals surface area (Å²) in [6.07, 6.45) is 1.25. The summed E-state index contributed by atoms with van der Waals surface area (Å²) in [6, 6.07) is 1.62. The molecule has 2 rings (SSSR count). The molecule has 2 atom stereocenters. The normalized spacial score (nSPS) is 27.5. The molecular weight excluding hydrogens is 260 g/mol. The average Bonchev–Trinajstić information content (AvgIpc) is 2.92. The van der Waals surface area contributed by atoms with Crippen LogP contribution in [0.2, 0.25) is 0 Å². The van der Waals surface area contributed by atoms with Crippen LogP contribution in [-0.4, -0.2) is 28.3 Å². The van der Waals surface area contributed by atoms with Crippen LogP contribution in [-0.2, 0) is 16.1 Å². The molecule has 1 aliphatic rings. The van der Waals surface area contributed by atoms with E-state index in [9.17, 15) is 9.59 Å². The Morgan fingerprint density at radius 3 is 2.68 bits per heavy atom. The SMILES string of the molecule is CCC1NC(=O)C(C)(CC)N(Cc2ccsc2)C1=O. The molecule has 1 aromatic heterocycles. The Hall–Kier alpha value is -1.36. The third-order valence-corrected chi connectivity index (χ3v) is 4.70. The van der Waals surface area contributed by atoms with Gasteiger partial charge in [0, 0.05) is 6.54 Å². The third-order valence-electron chi connectivity index (χ3n) is 3.97. The zero-order chi connectivity index (χ0) is 14.0. The maximum Gasteiger partial charge on any atom is 0.246 e. The summed E-state index contributed by atoms with van der Waals surface area (Å²) < 4.78 is 0. The van der Waals surface area contributed by atoms with Crippen LogP contribution in [0, 0.1) is 0 Å². The zero-order valence-electron chi connectivity index (χ0n) is 11.6. The van der Waals surface area contributed by atoms with Gasteiger partial charge in [-0.1, -0.05) is 13.8 Å². The molecule has 0 aliphatic carbocycles. The second kappa shape index (κ2) is 5.33. The fourth-order valence-corrected chi connectivity index (χ4v) is 3.03. The lowest BCUT2D eigenvalue weighted by Crippen LogP contribution is -2.68. The highest BCUT2D eigenvalue weighted by atomic mass is 32.1. The molecule has 0 bridgehead atoms. The fraction of sp³-hybridized carbons (Fsp3) is 0.571. The Labute approximate surface area is 117 Å². The number of carbonyl (C=O) groups excluding carboxylic acids is 2. The van der Waals surface area contributed by atoms with Gasteiger partial charge >= 0.3 is 0 Å². The van der Waals surface area contributed by atoms with Crippen molar-refractivity contribution in [2.75, 3.05) is 0 Å². The summed E-state index contributed by atoms with van der Waals surface area (Å²) in [5.74, 6) is -0.0191. The predicted octanol–water partition coefficient (Wildman–Crippen LogP) is 2.15. The number of hydrogen-bond donors (Lipinski definition) is 1. The minimum absolute atomic E-state index is 0.0256. The van der Waals surface area contributed by atoms with Crippen LogP contribution in [0.15, 0.2) is 16.8 Å². The second-order valence-electron chi connectivity index (χ2n) is 5.12. The minimum Gasteiger partial charge on any atom is -0.342 e. The van der Waals surface area contributed by atoms with Gasteiger partial charge in [-0.25, -0.2) is 0 Å². The van der Waals surface area contributed by atoms with E-state index >= 15 is 0 Å². The lowest BCUT2D eigenvalue weighted by Gasteiger charge is -2.45. The number of thiophene rings is 1. The van der Waals surface area contributed by atoms with Crippen LogP contribution in [0.1, 0.15) is 39.2 Å². The van der Waals surface area contributed by atoms with E-state index < -0.39 is 5.54 Å². The molecule has 1 fully saturated rings. The molecule has 1 aliphatic heterocycles. The summed E-state index contributed by atoms with van der Waals surface area (Å²) in [6.45, 7) is 6.22. The van der Waals surface area contributed by atoms with E-state index in [-0.39, 0.29) is 17.9 Å². The van der Waals surface area contributed by atoms with E-state index in [1.54, 1.807) is 16.2 Å². The highest BCUT2D eigenvalue weighted by Gasteiger charge is 2.47. The van der Waals surface area contributed by atoms with Crippen molar-refractivity contribution >= 4 is 23.2 Å². The number of carbonyl (C=O) groups is 2. The van der Waals surface area contributed by atoms with E-state index in [1.165, 1.54) is 0 Å². The first kappa shape index (κ1) is 14.1. The van der Waals surface area contributed by atoms with Gasteiger partial charge in [-0.2, -0.15) is 11.3 Å². The minimum atomic E-state index is -0.745. The Morgan fingerprint density at radius 1 is 1.42 bits per heavy atom. The van der Waals surface area contributed by atoms with Crippen LogP contribution in [0.3, 0.4) is 0 Å². The Bertz CT molecular complexity index is 472. The van der Waals surface area contributed by atoms with Crippen LogP contribution in [0.25, 0.3) is 0 Å². The topological polar surface area (TPSA) is 49.4 Å². The van der Waals surface area contributed by atoms with Gasteiger partial charge < -0.3 is 10.2 Å². The Kier molecular flexibility index (Phi) is 3.94. The molecule has 0 saturated carbocycles. The van der Waals surface area contributed by atoms with Crippen molar-refractivity contribution in [3.63, 3.8) is 0 Å². The molecule has 2 amide bonds. The molecule has 19 heavy (non-hydrogen) atoms. The molecule has 1 saturated heterocycles. The van der Waals surface area contributed by atoms with Crippen molar-refractivity contribution in [2.24, 2.45) is 0 Å². The number of hydrogen-bond acceptors (Lipinski definition) is 3. The number of piperazine rings is 1. The van der Waals surface area contributed by atoms with E-state index in [1.807, 2.05) is 37.6 Å². The maximum atomic E-state index is 12.5. The molecule has 4 nitrogen and oxygen atoms in total. The lowest BCUT2D eigenvalue weighted by molar-refractivity contribution is -0.157. The monoisotopic (exact) mass is 280 g/mol. The van der Waals surface area contributed by atoms with Gasteiger partial charge in [0.15, 0.2) is 0 Å². The Morgan fingerprint density at radius 2 is 2.16 bits per heavy atom. The zero-order valence-corrected chi connectivity index (χ0v) is 12.4. The predicted molar refractivity (Wildman–Crippen MR) is 75.8 cm³/mol. The molecule has 1 aromatic rings. The summed E-state index contributed by atoms with van der Waals surface area (Å²) >= 11 is 1.61. The van der Waals surface area contributed by atoms with E-state index in [4.69, 9.17) is 0 Å². The summed E-state index contributed by atoms with van der Waals surface area (Å²) in [5, 5.41) is 6.85. The third kappa shape index (κ3) is 2.39. The summed E-state index contributed by atoms with van der Waals surface area (Å²) in [4.78, 5) is 26.6. The van der Waals surface area contributed by atoms with Gasteiger partial charge in [0.1, 0.15) is 11.6 Å². The smallest absolute Gasteiger partial charge is 0.246 e. The van der Waals surface area contributed by atoms with Gasteiger partial charge in [-0.15, -0.1) is 0 Å². The number of nitrogens with one attached hydrogen (secondary N) is 1. The highest BCUT2D eigenvalue weighted by Crippen LogP contribution is 2.28. The fourth-order valence-electron chi connectivity index (χ4n) is 2.38. The molecule has 104 valence electrons. The quantitative estimate of drug-likeness (QED) is 0.918. The molecule has 2 heterocycles. The average molecular weight is 280 g/mol. The lowest BCUT2D eigenvalue weighted by atomic mass is 9.89. The van der Waals surface area contributed by atoms with Gasteiger partial charge in [-0.3, -0.25) is 9.59 Å². The van der Waals surface area contributed by atoms with Gasteiger partial charge in [0.25, 0.3) is 0 Å². The van der Waals surface area contributed by atoms with Crippen molar-refractivity contribution < 1.29 is 9.59 Å². The van der Waals surface area contributed by atoms with Crippen LogP contribution in [0.5, 0.6) is 0 Å². The second-order valence-corrected chi connectivity index (χ2v) is 5.90. The molecule has 0 spiro atoms. The molecule has 0 aromatic carbocycles. The van der Waals surface area contributed by atoms with Crippen LogP contribution in [0.4, 0.5) is 0 Å². The number of rotatable bonds is 4. The van der Waals surface area contributed by atoms with Crippen molar-refractivity contribution in [2.45, 2.75) is 51.7 Å². The van der Waals surface area contributed by atoms with Crippen LogP contribution >= 0.6 is 11.3 Å². The molecule has 2 unspecified atom stereocenters. The van der Waals surface area contributed by atoms with Crippen molar-refractivity contribution in [1.29, 1.82) is 0 Å². The van der Waals surface area contributed by atoms with Gasteiger partial charge in [-0.05, 0) is 42.2 Å². The van der Waals surface area contributed by atoms with Gasteiger partial charge in [0.2, 0.25) is 11.8 Å². The van der Waals surface area contributed by atoms with E-state index in [2.05, 4.69) is 5.32 Å². The largest absolute Gasteiger partial charge is 0.342 e. The first-order chi connectivity index (χ1) is 9.02.